The van der Waals surface area contributed by atoms with E-state index < -0.39 is 6.09 Å². The summed E-state index contributed by atoms with van der Waals surface area (Å²) in [5.41, 5.74) is 2.39. The lowest BCUT2D eigenvalue weighted by molar-refractivity contribution is 0.0652. The highest BCUT2D eigenvalue weighted by molar-refractivity contribution is 5.97. The molecular formula is C26H24F2N2O3. The van der Waals surface area contributed by atoms with Crippen molar-refractivity contribution in [3.63, 3.8) is 0 Å². The predicted octanol–water partition coefficient (Wildman–Crippen LogP) is 5.72. The molecule has 0 aromatic heterocycles. The number of amides is 2. The van der Waals surface area contributed by atoms with Crippen molar-refractivity contribution in [1.82, 2.24) is 4.90 Å². The van der Waals surface area contributed by atoms with Gasteiger partial charge in [0.1, 0.15) is 18.2 Å². The van der Waals surface area contributed by atoms with E-state index in [0.717, 1.165) is 5.56 Å². The van der Waals surface area contributed by atoms with Crippen LogP contribution in [0.2, 0.25) is 0 Å². The zero-order chi connectivity index (χ0) is 23.4. The molecule has 2 amide bonds. The summed E-state index contributed by atoms with van der Waals surface area (Å²) in [4.78, 5) is 28.9. The van der Waals surface area contributed by atoms with Crippen LogP contribution in [0.3, 0.4) is 0 Å². The Bertz CT molecular complexity index is 1150. The first-order valence-corrected chi connectivity index (χ1v) is 10.8. The maximum atomic E-state index is 13.9. The second kappa shape index (κ2) is 9.81. The molecule has 0 spiro atoms. The summed E-state index contributed by atoms with van der Waals surface area (Å²) >= 11 is 0. The first kappa shape index (κ1) is 22.5. The van der Waals surface area contributed by atoms with Gasteiger partial charge in [-0.2, -0.15) is 0 Å². The van der Waals surface area contributed by atoms with Crippen LogP contribution >= 0.6 is 0 Å². The molecule has 0 aliphatic carbocycles. The fourth-order valence-electron chi connectivity index (χ4n) is 4.08. The summed E-state index contributed by atoms with van der Waals surface area (Å²) in [5, 5.41) is 0. The highest BCUT2D eigenvalue weighted by atomic mass is 19.1. The van der Waals surface area contributed by atoms with E-state index in [9.17, 15) is 18.4 Å². The lowest BCUT2D eigenvalue weighted by Gasteiger charge is -2.32. The van der Waals surface area contributed by atoms with Crippen LogP contribution in [-0.2, 0) is 11.3 Å². The SMILES string of the molecule is CCC(c1ccc(F)cc1)N(Cc1cccc(F)c1)C(=O)c1cccc(N2CCOC2=O)c1. The van der Waals surface area contributed by atoms with E-state index in [-0.39, 0.29) is 30.1 Å². The monoisotopic (exact) mass is 450 g/mol. The number of rotatable bonds is 7. The van der Waals surface area contributed by atoms with E-state index in [2.05, 4.69) is 0 Å². The minimum Gasteiger partial charge on any atom is -0.447 e. The Morgan fingerprint density at radius 2 is 1.79 bits per heavy atom. The molecule has 1 atom stereocenters. The third-order valence-corrected chi connectivity index (χ3v) is 5.69. The summed E-state index contributed by atoms with van der Waals surface area (Å²) in [6.45, 7) is 2.82. The Morgan fingerprint density at radius 1 is 1.03 bits per heavy atom. The molecule has 1 fully saturated rings. The molecule has 0 bridgehead atoms. The summed E-state index contributed by atoms with van der Waals surface area (Å²) in [5.74, 6) is -1.02. The smallest absolute Gasteiger partial charge is 0.414 e. The van der Waals surface area contributed by atoms with Gasteiger partial charge in [-0.05, 0) is 60.0 Å². The van der Waals surface area contributed by atoms with E-state index in [0.29, 0.717) is 36.4 Å². The highest BCUT2D eigenvalue weighted by Crippen LogP contribution is 2.29. The van der Waals surface area contributed by atoms with Crippen molar-refractivity contribution >= 4 is 17.7 Å². The van der Waals surface area contributed by atoms with Crippen LogP contribution in [0.5, 0.6) is 0 Å². The Kier molecular flexibility index (Phi) is 6.68. The van der Waals surface area contributed by atoms with E-state index in [1.54, 1.807) is 53.4 Å². The van der Waals surface area contributed by atoms with Crippen LogP contribution in [0.4, 0.5) is 19.3 Å². The molecular weight excluding hydrogens is 426 g/mol. The molecule has 0 radical (unpaired) electrons. The fourth-order valence-corrected chi connectivity index (χ4v) is 4.08. The molecule has 1 aliphatic heterocycles. The van der Waals surface area contributed by atoms with Crippen molar-refractivity contribution in [2.24, 2.45) is 0 Å². The van der Waals surface area contributed by atoms with Gasteiger partial charge in [0.15, 0.2) is 0 Å². The molecule has 1 heterocycles. The highest BCUT2D eigenvalue weighted by Gasteiger charge is 2.28. The van der Waals surface area contributed by atoms with Crippen LogP contribution in [0.15, 0.2) is 72.8 Å². The standard InChI is InChI=1S/C26H24F2N2O3/c1-2-24(19-9-11-21(27)12-10-19)30(17-18-5-3-7-22(28)15-18)25(31)20-6-4-8-23(16-20)29-13-14-33-26(29)32/h3-12,15-16,24H,2,13-14,17H2,1H3. The second-order valence-corrected chi connectivity index (χ2v) is 7.85. The third kappa shape index (κ3) is 5.03. The number of ether oxygens (including phenoxy) is 1. The van der Waals surface area contributed by atoms with Crippen LogP contribution in [-0.4, -0.2) is 30.1 Å². The summed E-state index contributed by atoms with van der Waals surface area (Å²) in [7, 11) is 0. The predicted molar refractivity (Wildman–Crippen MR) is 121 cm³/mol. The molecule has 1 aliphatic rings. The average molecular weight is 450 g/mol. The average Bonchev–Trinajstić information content (AvgIpc) is 3.25. The maximum absolute atomic E-state index is 13.9. The van der Waals surface area contributed by atoms with Gasteiger partial charge < -0.3 is 9.64 Å². The van der Waals surface area contributed by atoms with E-state index in [1.807, 2.05) is 6.92 Å². The van der Waals surface area contributed by atoms with Gasteiger partial charge in [0, 0.05) is 17.8 Å². The van der Waals surface area contributed by atoms with Gasteiger partial charge in [-0.15, -0.1) is 0 Å². The zero-order valence-corrected chi connectivity index (χ0v) is 18.2. The first-order chi connectivity index (χ1) is 16.0. The lowest BCUT2D eigenvalue weighted by Crippen LogP contribution is -2.34. The Hall–Kier alpha value is -3.74. The molecule has 0 N–H and O–H groups in total. The Morgan fingerprint density at radius 3 is 2.45 bits per heavy atom. The molecule has 170 valence electrons. The molecule has 3 aromatic carbocycles. The minimum atomic E-state index is -0.450. The number of carbonyl (C=O) groups is 2. The number of anilines is 1. The van der Waals surface area contributed by atoms with Crippen LogP contribution in [0.1, 0.15) is 40.9 Å². The van der Waals surface area contributed by atoms with Gasteiger partial charge in [-0.3, -0.25) is 9.69 Å². The van der Waals surface area contributed by atoms with Crippen molar-refractivity contribution in [3.05, 3.63) is 101 Å². The minimum absolute atomic E-state index is 0.169. The number of hydrogen-bond acceptors (Lipinski definition) is 3. The second-order valence-electron chi connectivity index (χ2n) is 7.85. The molecule has 5 nitrogen and oxygen atoms in total. The third-order valence-electron chi connectivity index (χ3n) is 5.69. The van der Waals surface area contributed by atoms with Crippen molar-refractivity contribution in [1.29, 1.82) is 0 Å². The van der Waals surface area contributed by atoms with Gasteiger partial charge in [-0.25, -0.2) is 13.6 Å². The molecule has 1 saturated heterocycles. The van der Waals surface area contributed by atoms with Crippen molar-refractivity contribution < 1.29 is 23.1 Å². The van der Waals surface area contributed by atoms with Crippen molar-refractivity contribution in [2.75, 3.05) is 18.1 Å². The van der Waals surface area contributed by atoms with Gasteiger partial charge >= 0.3 is 6.09 Å². The lowest BCUT2D eigenvalue weighted by atomic mass is 10.00. The summed E-state index contributed by atoms with van der Waals surface area (Å²) in [6, 6.07) is 18.6. The first-order valence-electron chi connectivity index (χ1n) is 10.8. The summed E-state index contributed by atoms with van der Waals surface area (Å²) < 4.78 is 32.4. The number of carbonyl (C=O) groups excluding carboxylic acids is 2. The Balaban J connectivity index is 1.71. The molecule has 1 unspecified atom stereocenters. The van der Waals surface area contributed by atoms with Crippen LogP contribution in [0.25, 0.3) is 0 Å². The molecule has 4 rings (SSSR count). The molecule has 3 aromatic rings. The molecule has 0 saturated carbocycles. The Labute approximate surface area is 191 Å². The van der Waals surface area contributed by atoms with Gasteiger partial charge in [0.25, 0.3) is 5.91 Å². The molecule has 7 heteroatoms. The number of halogens is 2. The van der Waals surface area contributed by atoms with E-state index in [1.165, 1.54) is 29.2 Å². The van der Waals surface area contributed by atoms with Crippen molar-refractivity contribution in [2.45, 2.75) is 25.9 Å². The van der Waals surface area contributed by atoms with Gasteiger partial charge in [0.2, 0.25) is 0 Å². The number of benzene rings is 3. The zero-order valence-electron chi connectivity index (χ0n) is 18.2. The van der Waals surface area contributed by atoms with E-state index >= 15 is 0 Å². The normalized spacial score (nSPS) is 14.2. The quantitative estimate of drug-likeness (QED) is 0.463. The van der Waals surface area contributed by atoms with Crippen LogP contribution in [0, 0.1) is 11.6 Å². The maximum Gasteiger partial charge on any atom is 0.414 e. The number of nitrogens with zero attached hydrogens (tertiary/aromatic N) is 2. The largest absolute Gasteiger partial charge is 0.447 e. The van der Waals surface area contributed by atoms with Crippen LogP contribution < -0.4 is 4.90 Å². The number of hydrogen-bond donors (Lipinski definition) is 0. The van der Waals surface area contributed by atoms with Gasteiger partial charge in [0.05, 0.1) is 12.6 Å². The van der Waals surface area contributed by atoms with E-state index in [4.69, 9.17) is 4.74 Å². The molecule has 33 heavy (non-hydrogen) atoms. The number of cyclic esters (lactones) is 1. The fraction of sp³-hybridized carbons (Fsp3) is 0.231. The topological polar surface area (TPSA) is 49.9 Å². The summed E-state index contributed by atoms with van der Waals surface area (Å²) in [6.07, 6.45) is 0.124. The van der Waals surface area contributed by atoms with Gasteiger partial charge in [-0.1, -0.05) is 37.3 Å². The van der Waals surface area contributed by atoms with Crippen molar-refractivity contribution in [3.8, 4) is 0 Å².